The van der Waals surface area contributed by atoms with Gasteiger partial charge in [0.2, 0.25) is 5.78 Å². The molecule has 0 unspecified atom stereocenters. The van der Waals surface area contributed by atoms with Crippen LogP contribution in [0.25, 0.3) is 0 Å². The minimum Gasteiger partial charge on any atom is -0.507 e. The Balaban J connectivity index is 0.00000417. The highest BCUT2D eigenvalue weighted by molar-refractivity contribution is 6.31. The number of halogens is 1. The minimum atomic E-state index is -2.00. The highest BCUT2D eigenvalue weighted by atomic mass is 35.5. The third kappa shape index (κ3) is 5.49. The molecule has 2 aromatic carbocycles. The number of phenolic OH excluding ortho intramolecular Hbond substituents is 2. The number of aromatic hydroxyl groups is 2. The van der Waals surface area contributed by atoms with E-state index in [1.807, 2.05) is 0 Å². The molecule has 2 heterocycles. The van der Waals surface area contributed by atoms with Crippen molar-refractivity contribution in [1.29, 1.82) is 0 Å². The molecule has 0 bridgehead atoms. The number of hydrogen-bond donors (Lipinski definition) is 4. The lowest BCUT2D eigenvalue weighted by atomic mass is 9.72. The molecule has 6 atom stereocenters. The number of likely N-dealkylation sites (tertiary alicyclic amines) is 1. The first-order chi connectivity index (χ1) is 21.4. The zero-order valence-electron chi connectivity index (χ0n) is 26.1. The summed E-state index contributed by atoms with van der Waals surface area (Å²) in [6.07, 6.45) is -2.29. The van der Waals surface area contributed by atoms with Gasteiger partial charge in [-0.05, 0) is 32.8 Å². The quantitative estimate of drug-likeness (QED) is 0.285. The van der Waals surface area contributed by atoms with E-state index in [-0.39, 0.29) is 65.4 Å². The van der Waals surface area contributed by atoms with Crippen LogP contribution >= 0.6 is 12.4 Å². The molecule has 0 spiro atoms. The van der Waals surface area contributed by atoms with Gasteiger partial charge in [0.25, 0.3) is 0 Å². The maximum Gasteiger partial charge on any atom is 0.202 e. The molecule has 6 rings (SSSR count). The highest BCUT2D eigenvalue weighted by Crippen LogP contribution is 2.52. The minimum absolute atomic E-state index is 0. The predicted octanol–water partition coefficient (Wildman–Crippen LogP) is 2.60. The number of nitrogens with zero attached hydrogens (tertiary/aromatic N) is 1. The summed E-state index contributed by atoms with van der Waals surface area (Å²) in [4.78, 5) is 42.4. The average Bonchev–Trinajstić information content (AvgIpc) is 3.02. The van der Waals surface area contributed by atoms with Crippen LogP contribution in [0.4, 0.5) is 0 Å². The number of benzene rings is 2. The number of carbonyl (C=O) groups excluding carboxylic acids is 3. The average molecular weight is 662 g/mol. The first-order valence-electron chi connectivity index (χ1n) is 15.3. The Hall–Kier alpha value is -3.10. The largest absolute Gasteiger partial charge is 0.507 e. The third-order valence-corrected chi connectivity index (χ3v) is 10.0. The van der Waals surface area contributed by atoms with Crippen molar-refractivity contribution in [3.05, 3.63) is 51.6 Å². The first kappa shape index (κ1) is 34.2. The van der Waals surface area contributed by atoms with Gasteiger partial charge in [-0.15, -0.1) is 12.4 Å². The van der Waals surface area contributed by atoms with Gasteiger partial charge in [0, 0.05) is 62.2 Å². The molecule has 4 aliphatic rings. The number of methoxy groups -OCH3 is 2. The Labute approximate surface area is 272 Å². The van der Waals surface area contributed by atoms with Crippen LogP contribution in [-0.4, -0.2) is 106 Å². The van der Waals surface area contributed by atoms with Gasteiger partial charge in [-0.1, -0.05) is 12.1 Å². The number of fused-ring (bicyclic) bond motifs is 3. The number of ketones is 3. The summed E-state index contributed by atoms with van der Waals surface area (Å²) in [5.74, 6) is -3.07. The van der Waals surface area contributed by atoms with Crippen LogP contribution in [0.1, 0.15) is 88.6 Å². The summed E-state index contributed by atoms with van der Waals surface area (Å²) in [6, 6.07) is 4.17. The van der Waals surface area contributed by atoms with Crippen molar-refractivity contribution in [1.82, 2.24) is 4.90 Å². The second kappa shape index (κ2) is 12.8. The summed E-state index contributed by atoms with van der Waals surface area (Å²) >= 11 is 0. The van der Waals surface area contributed by atoms with E-state index in [9.17, 15) is 34.8 Å². The van der Waals surface area contributed by atoms with Crippen molar-refractivity contribution in [3.63, 3.8) is 0 Å². The van der Waals surface area contributed by atoms with Gasteiger partial charge in [-0.2, -0.15) is 0 Å². The Kier molecular flexibility index (Phi) is 9.55. The normalized spacial score (nSPS) is 29.7. The van der Waals surface area contributed by atoms with Gasteiger partial charge >= 0.3 is 0 Å². The number of ether oxygens (including phenoxy) is 4. The highest BCUT2D eigenvalue weighted by Gasteiger charge is 2.50. The molecule has 0 radical (unpaired) electrons. The molecule has 250 valence electrons. The standard InChI is InChI=1S/C33H39NO11.ClH/c1-15-28(36)20(34-10-8-17(42-3)9-11-34)12-23(44-15)45-22-14-33(41,16(2)35)13-19-25(22)32(40)27-26(30(19)38)29(37)18-6-5-7-21(43-4)24(18)31(27)39;/h5-7,15,17,20,22-23,28,36,38,40-41H,8-14H2,1-4H3;1H/t15-,20-,22-,23-,28+,33-;/m0./s1. The first-order valence-corrected chi connectivity index (χ1v) is 15.3. The van der Waals surface area contributed by atoms with Gasteiger partial charge in [-0.25, -0.2) is 0 Å². The molecule has 13 heteroatoms. The molecular formula is C33H40ClNO11. The molecule has 46 heavy (non-hydrogen) atoms. The topological polar surface area (TPSA) is 172 Å². The van der Waals surface area contributed by atoms with E-state index in [2.05, 4.69) is 4.90 Å². The molecule has 2 saturated heterocycles. The molecule has 0 amide bonds. The molecule has 0 aromatic heterocycles. The van der Waals surface area contributed by atoms with E-state index in [1.54, 1.807) is 14.0 Å². The molecule has 2 aromatic rings. The van der Waals surface area contributed by atoms with Crippen molar-refractivity contribution in [2.75, 3.05) is 27.3 Å². The maximum absolute atomic E-state index is 13.9. The van der Waals surface area contributed by atoms with E-state index in [0.29, 0.717) is 13.1 Å². The molecule has 0 saturated carbocycles. The Morgan fingerprint density at radius 3 is 2.35 bits per heavy atom. The lowest BCUT2D eigenvalue weighted by molar-refractivity contribution is -0.259. The molecular weight excluding hydrogens is 622 g/mol. The number of phenols is 2. The fourth-order valence-corrected chi connectivity index (χ4v) is 7.41. The summed E-state index contributed by atoms with van der Waals surface area (Å²) in [5.41, 5.74) is -2.92. The van der Waals surface area contributed by atoms with Crippen molar-refractivity contribution in [2.24, 2.45) is 0 Å². The number of hydrogen-bond acceptors (Lipinski definition) is 12. The second-order valence-corrected chi connectivity index (χ2v) is 12.5. The van der Waals surface area contributed by atoms with Crippen molar-refractivity contribution < 1.29 is 53.8 Å². The zero-order valence-corrected chi connectivity index (χ0v) is 27.0. The van der Waals surface area contributed by atoms with Gasteiger partial charge in [0.05, 0.1) is 48.2 Å². The van der Waals surface area contributed by atoms with Crippen LogP contribution in [0.2, 0.25) is 0 Å². The van der Waals surface area contributed by atoms with Gasteiger partial charge in [0.15, 0.2) is 17.9 Å². The fourth-order valence-electron chi connectivity index (χ4n) is 7.41. The van der Waals surface area contributed by atoms with E-state index < -0.39 is 76.6 Å². The lowest BCUT2D eigenvalue weighted by Gasteiger charge is -2.46. The maximum atomic E-state index is 13.9. The Morgan fingerprint density at radius 1 is 1.04 bits per heavy atom. The van der Waals surface area contributed by atoms with E-state index in [4.69, 9.17) is 18.9 Å². The van der Waals surface area contributed by atoms with Crippen LogP contribution in [0.5, 0.6) is 17.2 Å². The zero-order chi connectivity index (χ0) is 32.4. The molecule has 2 fully saturated rings. The fraction of sp³-hybridized carbons (Fsp3) is 0.545. The lowest BCUT2D eigenvalue weighted by Crippen LogP contribution is -2.57. The van der Waals surface area contributed by atoms with Crippen LogP contribution < -0.4 is 4.74 Å². The summed E-state index contributed by atoms with van der Waals surface area (Å²) in [5, 5.41) is 45.8. The van der Waals surface area contributed by atoms with E-state index in [1.165, 1.54) is 32.2 Å². The van der Waals surface area contributed by atoms with Crippen molar-refractivity contribution in [3.8, 4) is 17.2 Å². The van der Waals surface area contributed by atoms with E-state index in [0.717, 1.165) is 12.8 Å². The van der Waals surface area contributed by atoms with Gasteiger partial charge in [0.1, 0.15) is 22.8 Å². The number of carbonyl (C=O) groups is 3. The molecule has 12 nitrogen and oxygen atoms in total. The summed E-state index contributed by atoms with van der Waals surface area (Å²) < 4.78 is 23.3. The van der Waals surface area contributed by atoms with Gasteiger partial charge < -0.3 is 39.4 Å². The SMILES string of the molecule is COc1cccc2c1C(=O)c1c(O)c3c(c(O)c1C2=O)C[C@@](O)(C(C)=O)C[C@@H]3O[C@H]1C[C@H](N2CCC(OC)CC2)[C@H](O)[C@H](C)O1.Cl. The second-order valence-electron chi connectivity index (χ2n) is 12.5. The van der Waals surface area contributed by atoms with Crippen LogP contribution in [0.3, 0.4) is 0 Å². The van der Waals surface area contributed by atoms with Crippen LogP contribution in [0.15, 0.2) is 18.2 Å². The monoisotopic (exact) mass is 661 g/mol. The Morgan fingerprint density at radius 2 is 1.72 bits per heavy atom. The molecule has 2 aliphatic heterocycles. The number of Topliss-reactive ketones (excluding diaryl/α,β-unsaturated/α-hetero) is 1. The van der Waals surface area contributed by atoms with Crippen molar-refractivity contribution >= 4 is 29.8 Å². The number of piperidine rings is 1. The predicted molar refractivity (Wildman–Crippen MR) is 165 cm³/mol. The van der Waals surface area contributed by atoms with Crippen molar-refractivity contribution in [2.45, 2.75) is 88.3 Å². The van der Waals surface area contributed by atoms with Crippen LogP contribution in [-0.2, 0) is 25.4 Å². The van der Waals surface area contributed by atoms with E-state index >= 15 is 0 Å². The molecule has 2 aliphatic carbocycles. The number of aliphatic hydroxyl groups excluding tert-OH is 1. The van der Waals surface area contributed by atoms with Crippen LogP contribution in [0, 0.1) is 0 Å². The molecule has 4 N–H and O–H groups in total. The third-order valence-electron chi connectivity index (χ3n) is 10.0. The summed E-state index contributed by atoms with van der Waals surface area (Å²) in [6.45, 7) is 4.35. The smallest absolute Gasteiger partial charge is 0.202 e. The number of rotatable bonds is 6. The Bertz CT molecular complexity index is 1550. The van der Waals surface area contributed by atoms with Gasteiger partial charge in [-0.3, -0.25) is 19.3 Å². The summed E-state index contributed by atoms with van der Waals surface area (Å²) in [7, 11) is 3.04. The number of aliphatic hydroxyl groups is 2.